The lowest BCUT2D eigenvalue weighted by Gasteiger charge is -2.16. The van der Waals surface area contributed by atoms with Crippen LogP contribution in [0.25, 0.3) is 0 Å². The predicted octanol–water partition coefficient (Wildman–Crippen LogP) is 6.16. The fraction of sp³-hybridized carbons (Fsp3) is 0.345. The highest BCUT2D eigenvalue weighted by molar-refractivity contribution is 6.41. The summed E-state index contributed by atoms with van der Waals surface area (Å²) in [6.45, 7) is 3.02. The van der Waals surface area contributed by atoms with Crippen LogP contribution in [0.1, 0.15) is 23.1 Å². The highest BCUT2D eigenvalue weighted by Gasteiger charge is 2.54. The van der Waals surface area contributed by atoms with Crippen LogP contribution in [0.15, 0.2) is 48.7 Å². The van der Waals surface area contributed by atoms with Crippen LogP contribution < -0.4 is 21.3 Å². The first-order valence-corrected chi connectivity index (χ1v) is 14.2. The van der Waals surface area contributed by atoms with Crippen molar-refractivity contribution in [1.29, 1.82) is 0 Å². The van der Waals surface area contributed by atoms with Crippen molar-refractivity contribution in [2.45, 2.75) is 50.4 Å². The first-order valence-electron chi connectivity index (χ1n) is 13.8. The van der Waals surface area contributed by atoms with Crippen molar-refractivity contribution in [2.24, 2.45) is 0 Å². The molecule has 9 nitrogen and oxygen atoms in total. The maximum Gasteiger partial charge on any atom is 0.458 e. The summed E-state index contributed by atoms with van der Waals surface area (Å²) in [6.07, 6.45) is -12.5. The molecule has 1 aromatic heterocycles. The number of alkyl halides is 9. The Bertz CT molecular complexity index is 1570. The van der Waals surface area contributed by atoms with Crippen molar-refractivity contribution in [3.05, 3.63) is 70.4 Å². The van der Waals surface area contributed by atoms with Gasteiger partial charge in [0.05, 0.1) is 6.20 Å². The summed E-state index contributed by atoms with van der Waals surface area (Å²) in [6, 6.07) is 15.5. The molecule has 1 saturated heterocycles. The van der Waals surface area contributed by atoms with Crippen LogP contribution in [-0.2, 0) is 33.8 Å². The molecule has 2 aromatic carbocycles. The molecule has 0 unspecified atom stereocenters. The van der Waals surface area contributed by atoms with Gasteiger partial charge in [-0.05, 0) is 66.8 Å². The van der Waals surface area contributed by atoms with Crippen molar-refractivity contribution in [3.63, 3.8) is 0 Å². The summed E-state index contributed by atoms with van der Waals surface area (Å²) in [5.41, 5.74) is 5.91. The van der Waals surface area contributed by atoms with E-state index in [-0.39, 0.29) is 0 Å². The molecule has 0 saturated carbocycles. The number of benzene rings is 2. The fourth-order valence-corrected chi connectivity index (χ4v) is 4.45. The molecule has 19 heteroatoms. The molecular formula is C29H26ClF9N6O3. The summed E-state index contributed by atoms with van der Waals surface area (Å²) < 4.78 is 98.2. The molecule has 0 aliphatic carbocycles. The third-order valence-electron chi connectivity index (χ3n) is 6.58. The number of nitrogens with one attached hydrogen (secondary N) is 4. The Morgan fingerprint density at radius 2 is 1.56 bits per heavy atom. The molecule has 3 aromatic rings. The lowest BCUT2D eigenvalue weighted by atomic mass is 9.98. The van der Waals surface area contributed by atoms with Gasteiger partial charge in [-0.3, -0.25) is 14.4 Å². The average Bonchev–Trinajstić information content (AvgIpc) is 3.53. The first-order chi connectivity index (χ1) is 22.4. The maximum atomic E-state index is 11.2. The Hall–Kier alpha value is -4.29. The van der Waals surface area contributed by atoms with Crippen LogP contribution in [0.2, 0.25) is 5.02 Å². The minimum Gasteiger partial charge on any atom is -0.339 e. The number of Topliss-reactive ketones (excluding diaryl/α,β-unsaturated/α-hetero) is 2. The summed E-state index contributed by atoms with van der Waals surface area (Å²) in [4.78, 5) is 36.8. The number of nitrogens with zero attached hydrogens (tertiary/aromatic N) is 2. The van der Waals surface area contributed by atoms with E-state index >= 15 is 0 Å². The summed E-state index contributed by atoms with van der Waals surface area (Å²) in [5, 5.41) is 14.3. The highest BCUT2D eigenvalue weighted by atomic mass is 35.5. The molecule has 6 bridgehead atoms. The van der Waals surface area contributed by atoms with Gasteiger partial charge in [0.25, 0.3) is 0 Å². The minimum atomic E-state index is -5.77. The van der Waals surface area contributed by atoms with Crippen molar-refractivity contribution >= 4 is 52.6 Å². The zero-order valence-corrected chi connectivity index (χ0v) is 25.2. The Kier molecular flexibility index (Phi) is 12.9. The molecule has 1 atom stereocenters. The number of fused-ring (bicyclic) bond motifs is 6. The Morgan fingerprint density at radius 1 is 0.917 bits per heavy atom. The van der Waals surface area contributed by atoms with Crippen LogP contribution >= 0.6 is 11.6 Å². The van der Waals surface area contributed by atoms with Gasteiger partial charge in [-0.25, -0.2) is 4.98 Å². The van der Waals surface area contributed by atoms with Crippen LogP contribution in [0.3, 0.4) is 0 Å². The van der Waals surface area contributed by atoms with Gasteiger partial charge in [0, 0.05) is 30.5 Å². The standard InChI is InChI=1S/C23H25ClN6.C4F6O2.C2HF3O/c24-21-14-27-23-29-18-3-1-2-15(10-18)4-5-16-11-19(28-22(21)30-23)7-6-17(16)12-26-20-8-9-25-13-20;5-3(6,7)1(11)2(12)4(8,9)10;3-2(4,5)1-6/h1-3,6-7,10-11,14,20,25-26H,4-5,8-9,12-13H2,(H2,27,28,29,30);;1H/t20-;;/m0../s1. The quantitative estimate of drug-likeness (QED) is 0.143. The van der Waals surface area contributed by atoms with Crippen molar-refractivity contribution in [1.82, 2.24) is 20.6 Å². The summed E-state index contributed by atoms with van der Waals surface area (Å²) >= 11 is 6.36. The van der Waals surface area contributed by atoms with Gasteiger partial charge in [-0.1, -0.05) is 29.8 Å². The number of aromatic nitrogens is 2. The van der Waals surface area contributed by atoms with E-state index in [9.17, 15) is 49.1 Å². The Balaban J connectivity index is 0.000000289. The minimum absolute atomic E-state index is 0.491. The molecule has 0 spiro atoms. The second kappa shape index (κ2) is 16.2. The van der Waals surface area contributed by atoms with Crippen molar-refractivity contribution in [3.8, 4) is 0 Å². The molecule has 0 radical (unpaired) electrons. The number of rotatable bonds is 4. The van der Waals surface area contributed by atoms with E-state index in [0.717, 1.165) is 43.9 Å². The normalized spacial score (nSPS) is 15.8. The third kappa shape index (κ3) is 12.1. The molecule has 1 fully saturated rings. The van der Waals surface area contributed by atoms with Crippen LogP contribution in [-0.4, -0.2) is 65.5 Å². The molecule has 4 N–H and O–H groups in total. The number of carbonyl (C=O) groups is 3. The molecule has 0 amide bonds. The van der Waals surface area contributed by atoms with Crippen LogP contribution in [0, 0.1) is 0 Å². The second-order valence-corrected chi connectivity index (χ2v) is 10.6. The molecule has 2 aliphatic heterocycles. The van der Waals surface area contributed by atoms with E-state index < -0.39 is 36.4 Å². The number of aldehydes is 1. The molecule has 3 heterocycles. The van der Waals surface area contributed by atoms with Crippen molar-refractivity contribution < 1.29 is 53.9 Å². The number of aryl methyl sites for hydroxylation is 2. The molecule has 260 valence electrons. The lowest BCUT2D eigenvalue weighted by Crippen LogP contribution is -2.39. The van der Waals surface area contributed by atoms with E-state index in [1.807, 2.05) is 6.07 Å². The SMILES string of the molecule is Clc1cnc2nc1Nc1ccc(CN[C@H]3CCNC3)c(c1)CCc1cccc(c1)N2.O=C(C(=O)C(F)(F)F)C(F)(F)F.O=CC(F)(F)F. The van der Waals surface area contributed by atoms with Crippen LogP contribution in [0.4, 0.5) is 62.7 Å². The fourth-order valence-electron chi connectivity index (χ4n) is 4.31. The van der Waals surface area contributed by atoms with E-state index in [4.69, 9.17) is 16.4 Å². The van der Waals surface area contributed by atoms with E-state index in [1.54, 1.807) is 6.20 Å². The van der Waals surface area contributed by atoms with Gasteiger partial charge in [0.15, 0.2) is 5.82 Å². The largest absolute Gasteiger partial charge is 0.458 e. The Morgan fingerprint density at radius 3 is 2.15 bits per heavy atom. The molecular weight excluding hydrogens is 687 g/mol. The lowest BCUT2D eigenvalue weighted by molar-refractivity contribution is -0.193. The number of halogens is 10. The third-order valence-corrected chi connectivity index (χ3v) is 6.85. The van der Waals surface area contributed by atoms with E-state index in [2.05, 4.69) is 67.6 Å². The molecule has 2 aliphatic rings. The zero-order chi connectivity index (χ0) is 35.7. The topological polar surface area (TPSA) is 125 Å². The molecule has 5 rings (SSSR count). The maximum absolute atomic E-state index is 11.2. The van der Waals surface area contributed by atoms with Gasteiger partial charge >= 0.3 is 30.1 Å². The highest BCUT2D eigenvalue weighted by Crippen LogP contribution is 2.28. The number of carbonyl (C=O) groups excluding carboxylic acids is 3. The monoisotopic (exact) mass is 712 g/mol. The molecule has 48 heavy (non-hydrogen) atoms. The summed E-state index contributed by atoms with van der Waals surface area (Å²) in [5.74, 6) is -5.70. The van der Waals surface area contributed by atoms with Gasteiger partial charge in [0.1, 0.15) is 5.02 Å². The van der Waals surface area contributed by atoms with E-state index in [1.165, 1.54) is 23.1 Å². The number of hydrogen-bond acceptors (Lipinski definition) is 9. The van der Waals surface area contributed by atoms with Gasteiger partial charge in [0.2, 0.25) is 12.2 Å². The second-order valence-electron chi connectivity index (χ2n) is 10.2. The average molecular weight is 713 g/mol. The Labute approximate surface area is 271 Å². The summed E-state index contributed by atoms with van der Waals surface area (Å²) in [7, 11) is 0. The number of ketones is 2. The first kappa shape index (κ1) is 38.2. The predicted molar refractivity (Wildman–Crippen MR) is 156 cm³/mol. The van der Waals surface area contributed by atoms with E-state index in [0.29, 0.717) is 22.8 Å². The number of anilines is 4. The number of hydrogen-bond donors (Lipinski definition) is 4. The van der Waals surface area contributed by atoms with Crippen molar-refractivity contribution in [2.75, 3.05) is 23.7 Å². The zero-order valence-electron chi connectivity index (χ0n) is 24.4. The van der Waals surface area contributed by atoms with Gasteiger partial charge < -0.3 is 21.3 Å². The van der Waals surface area contributed by atoms with Gasteiger partial charge in [-0.15, -0.1) is 0 Å². The van der Waals surface area contributed by atoms with Crippen LogP contribution in [0.5, 0.6) is 0 Å². The smallest absolute Gasteiger partial charge is 0.339 e. The van der Waals surface area contributed by atoms with Gasteiger partial charge in [-0.2, -0.15) is 44.5 Å².